The molecule has 0 saturated carbocycles. The standard InChI is InChI=1S/C10H19NO2/c1-9-7-11(4-2-6-12-9)5-3-10-8-13-10/h9-10H,2-8H2,1H3. The monoisotopic (exact) mass is 185 g/mol. The van der Waals surface area contributed by atoms with E-state index < -0.39 is 0 Å². The highest BCUT2D eigenvalue weighted by molar-refractivity contribution is 4.73. The Balaban J connectivity index is 1.68. The normalized spacial score (nSPS) is 35.8. The van der Waals surface area contributed by atoms with E-state index in [0.717, 1.165) is 19.8 Å². The third kappa shape index (κ3) is 3.25. The molecule has 3 heteroatoms. The first-order valence-corrected chi connectivity index (χ1v) is 5.30. The number of epoxide rings is 1. The van der Waals surface area contributed by atoms with E-state index in [9.17, 15) is 0 Å². The van der Waals surface area contributed by atoms with Crippen LogP contribution in [0.4, 0.5) is 0 Å². The Bertz CT molecular complexity index is 159. The second kappa shape index (κ2) is 4.40. The van der Waals surface area contributed by atoms with Gasteiger partial charge in [0.25, 0.3) is 0 Å². The van der Waals surface area contributed by atoms with E-state index in [1.165, 1.54) is 25.9 Å². The molecule has 76 valence electrons. The molecule has 0 aromatic heterocycles. The van der Waals surface area contributed by atoms with Crippen LogP contribution in [-0.4, -0.2) is 50.0 Å². The fourth-order valence-corrected chi connectivity index (χ4v) is 1.84. The maximum absolute atomic E-state index is 5.58. The first-order chi connectivity index (χ1) is 6.34. The van der Waals surface area contributed by atoms with Crippen molar-refractivity contribution in [1.82, 2.24) is 4.90 Å². The zero-order valence-electron chi connectivity index (χ0n) is 8.37. The highest BCUT2D eigenvalue weighted by Gasteiger charge is 2.23. The maximum Gasteiger partial charge on any atom is 0.0822 e. The third-order valence-corrected chi connectivity index (χ3v) is 2.71. The van der Waals surface area contributed by atoms with Gasteiger partial charge in [-0.05, 0) is 19.8 Å². The average Bonchev–Trinajstić information content (AvgIpc) is 2.88. The van der Waals surface area contributed by atoms with Crippen molar-refractivity contribution in [3.63, 3.8) is 0 Å². The van der Waals surface area contributed by atoms with Gasteiger partial charge in [0.15, 0.2) is 0 Å². The lowest BCUT2D eigenvalue weighted by Gasteiger charge is -2.20. The van der Waals surface area contributed by atoms with Crippen LogP contribution in [0.1, 0.15) is 19.8 Å². The van der Waals surface area contributed by atoms with Gasteiger partial charge < -0.3 is 14.4 Å². The molecular formula is C10H19NO2. The fourth-order valence-electron chi connectivity index (χ4n) is 1.84. The molecule has 2 atom stereocenters. The van der Waals surface area contributed by atoms with Gasteiger partial charge >= 0.3 is 0 Å². The Kier molecular flexibility index (Phi) is 3.19. The number of nitrogens with zero attached hydrogens (tertiary/aromatic N) is 1. The van der Waals surface area contributed by atoms with Crippen LogP contribution >= 0.6 is 0 Å². The zero-order chi connectivity index (χ0) is 9.10. The predicted octanol–water partition coefficient (Wildman–Crippen LogP) is 0.886. The van der Waals surface area contributed by atoms with Crippen molar-refractivity contribution < 1.29 is 9.47 Å². The molecule has 0 N–H and O–H groups in total. The second-order valence-corrected chi connectivity index (χ2v) is 4.08. The highest BCUT2D eigenvalue weighted by Crippen LogP contribution is 2.15. The summed E-state index contributed by atoms with van der Waals surface area (Å²) in [5.41, 5.74) is 0. The van der Waals surface area contributed by atoms with Crippen molar-refractivity contribution in [3.05, 3.63) is 0 Å². The Morgan fingerprint density at radius 2 is 2.23 bits per heavy atom. The van der Waals surface area contributed by atoms with Gasteiger partial charge in [-0.15, -0.1) is 0 Å². The molecule has 0 bridgehead atoms. The summed E-state index contributed by atoms with van der Waals surface area (Å²) in [4.78, 5) is 2.50. The van der Waals surface area contributed by atoms with Crippen molar-refractivity contribution in [3.8, 4) is 0 Å². The van der Waals surface area contributed by atoms with Gasteiger partial charge in [-0.2, -0.15) is 0 Å². The van der Waals surface area contributed by atoms with Crippen molar-refractivity contribution in [1.29, 1.82) is 0 Å². The van der Waals surface area contributed by atoms with E-state index >= 15 is 0 Å². The van der Waals surface area contributed by atoms with Gasteiger partial charge in [-0.3, -0.25) is 0 Å². The van der Waals surface area contributed by atoms with Gasteiger partial charge in [0.1, 0.15) is 0 Å². The molecule has 3 nitrogen and oxygen atoms in total. The molecule has 0 aromatic rings. The van der Waals surface area contributed by atoms with Crippen LogP contribution < -0.4 is 0 Å². The topological polar surface area (TPSA) is 25.0 Å². The Labute approximate surface area is 80.0 Å². The largest absolute Gasteiger partial charge is 0.377 e. The lowest BCUT2D eigenvalue weighted by Crippen LogP contribution is -2.31. The number of hydrogen-bond acceptors (Lipinski definition) is 3. The van der Waals surface area contributed by atoms with Gasteiger partial charge in [0.2, 0.25) is 0 Å². The highest BCUT2D eigenvalue weighted by atomic mass is 16.6. The predicted molar refractivity (Wildman–Crippen MR) is 50.8 cm³/mol. The molecule has 13 heavy (non-hydrogen) atoms. The summed E-state index contributed by atoms with van der Waals surface area (Å²) >= 11 is 0. The van der Waals surface area contributed by atoms with Crippen LogP contribution in [-0.2, 0) is 9.47 Å². The van der Waals surface area contributed by atoms with Crippen LogP contribution in [0, 0.1) is 0 Å². The van der Waals surface area contributed by atoms with Crippen LogP contribution in [0.3, 0.4) is 0 Å². The molecule has 0 amide bonds. The number of hydrogen-bond donors (Lipinski definition) is 0. The van der Waals surface area contributed by atoms with Crippen LogP contribution in [0.5, 0.6) is 0 Å². The molecule has 2 rings (SSSR count). The molecule has 0 radical (unpaired) electrons. The Morgan fingerprint density at radius 3 is 3.00 bits per heavy atom. The summed E-state index contributed by atoms with van der Waals surface area (Å²) in [6, 6.07) is 0. The smallest absolute Gasteiger partial charge is 0.0822 e. The molecular weight excluding hydrogens is 166 g/mol. The summed E-state index contributed by atoms with van der Waals surface area (Å²) in [5, 5.41) is 0. The van der Waals surface area contributed by atoms with Crippen molar-refractivity contribution in [2.75, 3.05) is 32.8 Å². The van der Waals surface area contributed by atoms with Crippen LogP contribution in [0.25, 0.3) is 0 Å². The SMILES string of the molecule is CC1CN(CCC2CO2)CCCO1. The molecule has 2 aliphatic rings. The summed E-state index contributed by atoms with van der Waals surface area (Å²) in [6.07, 6.45) is 3.35. The van der Waals surface area contributed by atoms with Gasteiger partial charge in [-0.1, -0.05) is 0 Å². The van der Waals surface area contributed by atoms with E-state index in [4.69, 9.17) is 9.47 Å². The summed E-state index contributed by atoms with van der Waals surface area (Å²) in [5.74, 6) is 0. The van der Waals surface area contributed by atoms with Crippen LogP contribution in [0.2, 0.25) is 0 Å². The fraction of sp³-hybridized carbons (Fsp3) is 1.00. The average molecular weight is 185 g/mol. The van der Waals surface area contributed by atoms with Gasteiger partial charge in [0.05, 0.1) is 18.8 Å². The second-order valence-electron chi connectivity index (χ2n) is 4.08. The van der Waals surface area contributed by atoms with E-state index in [1.54, 1.807) is 0 Å². The van der Waals surface area contributed by atoms with Crippen molar-refractivity contribution >= 4 is 0 Å². The summed E-state index contributed by atoms with van der Waals surface area (Å²) in [6.45, 7) is 7.53. The lowest BCUT2D eigenvalue weighted by molar-refractivity contribution is 0.0673. The van der Waals surface area contributed by atoms with Crippen molar-refractivity contribution in [2.24, 2.45) is 0 Å². The molecule has 2 saturated heterocycles. The molecule has 2 unspecified atom stereocenters. The minimum atomic E-state index is 0.405. The first kappa shape index (κ1) is 9.44. The summed E-state index contributed by atoms with van der Waals surface area (Å²) in [7, 11) is 0. The van der Waals surface area contributed by atoms with E-state index in [0.29, 0.717) is 12.2 Å². The maximum atomic E-state index is 5.58. The Hall–Kier alpha value is -0.120. The van der Waals surface area contributed by atoms with Gasteiger partial charge in [0, 0.05) is 26.2 Å². The number of ether oxygens (including phenoxy) is 2. The molecule has 2 aliphatic heterocycles. The van der Waals surface area contributed by atoms with E-state index in [2.05, 4.69) is 11.8 Å². The van der Waals surface area contributed by atoms with E-state index in [-0.39, 0.29) is 0 Å². The van der Waals surface area contributed by atoms with E-state index in [1.807, 2.05) is 0 Å². The first-order valence-electron chi connectivity index (χ1n) is 5.30. The number of rotatable bonds is 3. The molecule has 0 aliphatic carbocycles. The molecule has 0 spiro atoms. The zero-order valence-corrected chi connectivity index (χ0v) is 8.37. The Morgan fingerprint density at radius 1 is 1.38 bits per heavy atom. The quantitative estimate of drug-likeness (QED) is 0.610. The molecule has 2 heterocycles. The minimum absolute atomic E-state index is 0.405. The van der Waals surface area contributed by atoms with Crippen LogP contribution in [0.15, 0.2) is 0 Å². The van der Waals surface area contributed by atoms with Gasteiger partial charge in [-0.25, -0.2) is 0 Å². The third-order valence-electron chi connectivity index (χ3n) is 2.71. The lowest BCUT2D eigenvalue weighted by atomic mass is 10.3. The molecule has 2 fully saturated rings. The molecule has 0 aromatic carbocycles. The summed E-state index contributed by atoms with van der Waals surface area (Å²) < 4.78 is 10.8. The minimum Gasteiger partial charge on any atom is -0.377 e. The van der Waals surface area contributed by atoms with Crippen molar-refractivity contribution in [2.45, 2.75) is 32.0 Å².